The summed E-state index contributed by atoms with van der Waals surface area (Å²) in [6, 6.07) is 7.35. The van der Waals surface area contributed by atoms with Crippen molar-refractivity contribution in [1.82, 2.24) is 24.5 Å². The second kappa shape index (κ2) is 8.49. The molecule has 0 aliphatic rings. The van der Waals surface area contributed by atoms with Crippen LogP contribution < -0.4 is 4.74 Å². The first-order valence-corrected chi connectivity index (χ1v) is 11.0. The van der Waals surface area contributed by atoms with Gasteiger partial charge in [-0.25, -0.2) is 4.98 Å². The molecule has 4 rings (SSSR count). The van der Waals surface area contributed by atoms with Crippen LogP contribution in [0.4, 0.5) is 0 Å². The highest BCUT2D eigenvalue weighted by molar-refractivity contribution is 7.99. The molecular formula is C20H21N5O3S2. The Morgan fingerprint density at radius 1 is 1.27 bits per heavy atom. The first-order valence-electron chi connectivity index (χ1n) is 9.23. The number of aromatic nitrogens is 4. The van der Waals surface area contributed by atoms with E-state index in [2.05, 4.69) is 32.7 Å². The van der Waals surface area contributed by atoms with E-state index in [1.54, 1.807) is 30.4 Å². The Kier molecular flexibility index (Phi) is 5.78. The number of imidazole rings is 1. The van der Waals surface area contributed by atoms with E-state index in [9.17, 15) is 4.79 Å². The van der Waals surface area contributed by atoms with Crippen LogP contribution in [0.25, 0.3) is 16.4 Å². The molecule has 1 aromatic carbocycles. The third-order valence-corrected chi connectivity index (χ3v) is 6.32. The van der Waals surface area contributed by atoms with Crippen molar-refractivity contribution >= 4 is 34.0 Å². The lowest BCUT2D eigenvalue weighted by atomic mass is 10.2. The van der Waals surface area contributed by atoms with Gasteiger partial charge in [0.1, 0.15) is 5.75 Å². The van der Waals surface area contributed by atoms with Gasteiger partial charge in [-0.3, -0.25) is 9.20 Å². The molecule has 0 saturated heterocycles. The van der Waals surface area contributed by atoms with E-state index in [0.717, 1.165) is 27.7 Å². The lowest BCUT2D eigenvalue weighted by Crippen LogP contribution is -2.28. The van der Waals surface area contributed by atoms with Gasteiger partial charge in [-0.2, -0.15) is 0 Å². The minimum atomic E-state index is -0.0227. The summed E-state index contributed by atoms with van der Waals surface area (Å²) in [6.07, 6.45) is 2.06. The first kappa shape index (κ1) is 20.4. The van der Waals surface area contributed by atoms with Crippen LogP contribution in [-0.2, 0) is 11.3 Å². The highest BCUT2D eigenvalue weighted by Gasteiger charge is 2.18. The number of fused-ring (bicyclic) bond motifs is 1. The van der Waals surface area contributed by atoms with E-state index in [1.165, 1.54) is 16.6 Å². The van der Waals surface area contributed by atoms with Crippen molar-refractivity contribution in [3.8, 4) is 17.2 Å². The molecule has 0 radical (unpaired) electrons. The molecule has 0 aliphatic carbocycles. The van der Waals surface area contributed by atoms with Gasteiger partial charge in [0.2, 0.25) is 11.8 Å². The lowest BCUT2D eigenvalue weighted by Gasteiger charge is -2.16. The van der Waals surface area contributed by atoms with Crippen LogP contribution in [0.2, 0.25) is 0 Å². The van der Waals surface area contributed by atoms with E-state index in [0.29, 0.717) is 17.7 Å². The molecule has 0 spiro atoms. The normalized spacial score (nSPS) is 11.2. The predicted molar refractivity (Wildman–Crippen MR) is 116 cm³/mol. The fourth-order valence-electron chi connectivity index (χ4n) is 2.96. The minimum absolute atomic E-state index is 0.0227. The number of rotatable bonds is 7. The molecule has 1 amide bonds. The van der Waals surface area contributed by atoms with Crippen LogP contribution in [0.3, 0.4) is 0 Å². The molecule has 0 N–H and O–H groups in total. The maximum absolute atomic E-state index is 12.6. The number of amides is 1. The number of thioether (sulfide) groups is 1. The van der Waals surface area contributed by atoms with Crippen molar-refractivity contribution in [2.24, 2.45) is 0 Å². The summed E-state index contributed by atoms with van der Waals surface area (Å²) in [4.78, 5) is 21.0. The van der Waals surface area contributed by atoms with Crippen molar-refractivity contribution < 1.29 is 13.9 Å². The van der Waals surface area contributed by atoms with Crippen molar-refractivity contribution in [3.05, 3.63) is 46.7 Å². The van der Waals surface area contributed by atoms with Crippen LogP contribution >= 0.6 is 23.1 Å². The average Bonchev–Trinajstić information content (AvgIpc) is 3.42. The summed E-state index contributed by atoms with van der Waals surface area (Å²) in [5.41, 5.74) is 2.76. The topological polar surface area (TPSA) is 85.8 Å². The second-order valence-corrected chi connectivity index (χ2v) is 8.92. The van der Waals surface area contributed by atoms with E-state index < -0.39 is 0 Å². The summed E-state index contributed by atoms with van der Waals surface area (Å²) in [7, 11) is 3.40. The Bertz CT molecular complexity index is 1180. The number of hydrogen-bond donors (Lipinski definition) is 0. The maximum atomic E-state index is 12.6. The molecule has 4 aromatic rings. The Labute approximate surface area is 181 Å². The predicted octanol–water partition coefficient (Wildman–Crippen LogP) is 3.82. The molecule has 0 aliphatic heterocycles. The zero-order chi connectivity index (χ0) is 21.3. The molecule has 0 fully saturated rings. The Hall–Kier alpha value is -2.85. The molecule has 0 saturated carbocycles. The molecule has 3 heterocycles. The van der Waals surface area contributed by atoms with Gasteiger partial charge in [-0.05, 0) is 38.1 Å². The van der Waals surface area contributed by atoms with Crippen molar-refractivity contribution in [2.45, 2.75) is 25.6 Å². The molecular weight excluding hydrogens is 422 g/mol. The third-order valence-electron chi connectivity index (χ3n) is 4.62. The smallest absolute Gasteiger partial charge is 0.277 e. The third kappa shape index (κ3) is 4.19. The molecule has 156 valence electrons. The van der Waals surface area contributed by atoms with Gasteiger partial charge in [-0.15, -0.1) is 21.5 Å². The van der Waals surface area contributed by atoms with Crippen molar-refractivity contribution in [1.29, 1.82) is 0 Å². The molecule has 3 aromatic heterocycles. The molecule has 0 unspecified atom stereocenters. The van der Waals surface area contributed by atoms with Gasteiger partial charge < -0.3 is 14.1 Å². The summed E-state index contributed by atoms with van der Waals surface area (Å²) < 4.78 is 12.9. The minimum Gasteiger partial charge on any atom is -0.497 e. The fourth-order valence-corrected chi connectivity index (χ4v) is 4.56. The Morgan fingerprint density at radius 3 is 2.77 bits per heavy atom. The maximum Gasteiger partial charge on any atom is 0.277 e. The van der Waals surface area contributed by atoms with Gasteiger partial charge in [-0.1, -0.05) is 11.8 Å². The number of ether oxygens (including phenoxy) is 1. The number of carbonyl (C=O) groups excluding carboxylic acids is 1. The second-order valence-electron chi connectivity index (χ2n) is 6.78. The van der Waals surface area contributed by atoms with Crippen molar-refractivity contribution in [2.75, 3.05) is 19.9 Å². The molecule has 30 heavy (non-hydrogen) atoms. The Morgan fingerprint density at radius 2 is 2.03 bits per heavy atom. The molecule has 0 atom stereocenters. The van der Waals surface area contributed by atoms with Crippen molar-refractivity contribution in [3.63, 3.8) is 0 Å². The van der Waals surface area contributed by atoms with Crippen LogP contribution in [-0.4, -0.2) is 50.3 Å². The van der Waals surface area contributed by atoms with Gasteiger partial charge in [0.15, 0.2) is 4.96 Å². The van der Waals surface area contributed by atoms with Crippen LogP contribution in [0.15, 0.2) is 40.1 Å². The number of thiazole rings is 1. The van der Waals surface area contributed by atoms with Crippen LogP contribution in [0, 0.1) is 13.8 Å². The summed E-state index contributed by atoms with van der Waals surface area (Å²) in [6.45, 7) is 4.51. The number of benzene rings is 1. The first-order chi connectivity index (χ1) is 14.4. The number of nitrogens with zero attached hydrogens (tertiary/aromatic N) is 5. The van der Waals surface area contributed by atoms with Crippen LogP contribution in [0.5, 0.6) is 5.75 Å². The van der Waals surface area contributed by atoms with E-state index in [1.807, 2.05) is 31.2 Å². The van der Waals surface area contributed by atoms with Crippen LogP contribution in [0.1, 0.15) is 16.3 Å². The summed E-state index contributed by atoms with van der Waals surface area (Å²) >= 11 is 2.87. The number of hydrogen-bond acceptors (Lipinski definition) is 8. The lowest BCUT2D eigenvalue weighted by molar-refractivity contribution is -0.127. The summed E-state index contributed by atoms with van der Waals surface area (Å²) in [5.74, 6) is 1.35. The highest BCUT2D eigenvalue weighted by Crippen LogP contribution is 2.25. The average molecular weight is 444 g/mol. The molecule has 0 bridgehead atoms. The molecule has 10 heteroatoms. The number of methoxy groups -OCH3 is 1. The zero-order valence-corrected chi connectivity index (χ0v) is 18.7. The van der Waals surface area contributed by atoms with Gasteiger partial charge in [0.05, 0.1) is 30.8 Å². The van der Waals surface area contributed by atoms with E-state index in [4.69, 9.17) is 9.15 Å². The largest absolute Gasteiger partial charge is 0.497 e. The summed E-state index contributed by atoms with van der Waals surface area (Å²) in [5, 5.41) is 8.45. The Balaban J connectivity index is 1.37. The SMILES string of the molecule is COc1ccc(-c2nnc(SCC(=O)N(C)Cc3c(C)nc4sc(C)cn34)o2)cc1. The van der Waals surface area contributed by atoms with E-state index in [-0.39, 0.29) is 11.7 Å². The number of aryl methyl sites for hydroxylation is 2. The van der Waals surface area contributed by atoms with E-state index >= 15 is 0 Å². The molecule has 8 nitrogen and oxygen atoms in total. The fraction of sp³-hybridized carbons (Fsp3) is 0.300. The standard InChI is InChI=1S/C20H21N5O3S2/c1-12-9-25-16(13(2)21-19(25)30-12)10-24(3)17(26)11-29-20-23-22-18(28-20)14-5-7-15(27-4)8-6-14/h5-9H,10-11H2,1-4H3. The van der Waals surface area contributed by atoms with Gasteiger partial charge in [0.25, 0.3) is 5.22 Å². The quantitative estimate of drug-likeness (QED) is 0.401. The monoisotopic (exact) mass is 443 g/mol. The number of carbonyl (C=O) groups is 1. The van der Waals surface area contributed by atoms with Gasteiger partial charge >= 0.3 is 0 Å². The zero-order valence-electron chi connectivity index (χ0n) is 17.1. The highest BCUT2D eigenvalue weighted by atomic mass is 32.2. The van der Waals surface area contributed by atoms with Gasteiger partial charge in [0, 0.05) is 23.7 Å².